The van der Waals surface area contributed by atoms with Crippen LogP contribution in [0.5, 0.6) is 0 Å². The number of ether oxygens (including phenoxy) is 1. The van der Waals surface area contributed by atoms with Gasteiger partial charge in [0, 0.05) is 23.9 Å². The number of esters is 1. The van der Waals surface area contributed by atoms with Crippen molar-refractivity contribution in [3.8, 4) is 0 Å². The van der Waals surface area contributed by atoms with Gasteiger partial charge < -0.3 is 15.4 Å². The molecule has 1 amide bonds. The lowest BCUT2D eigenvalue weighted by molar-refractivity contribution is -0.147. The third kappa shape index (κ3) is 5.33. The van der Waals surface area contributed by atoms with Crippen LogP contribution in [0, 0.1) is 11.7 Å². The number of hydrogen-bond acceptors (Lipinski definition) is 5. The van der Waals surface area contributed by atoms with Crippen LogP contribution in [0.25, 0.3) is 0 Å². The SMILES string of the molecule is CCOC(=O)C(N)C1CCN(Cc2ccc(F)c(Cl)c2)C(=O)C1Sc1ccccc1. The van der Waals surface area contributed by atoms with Gasteiger partial charge in [-0.2, -0.15) is 0 Å². The molecule has 0 spiro atoms. The number of benzene rings is 2. The number of halogens is 2. The second-order valence-electron chi connectivity index (χ2n) is 7.09. The van der Waals surface area contributed by atoms with Gasteiger partial charge in [-0.1, -0.05) is 35.9 Å². The number of nitrogens with zero attached hydrogens (tertiary/aromatic N) is 1. The van der Waals surface area contributed by atoms with Gasteiger partial charge in [-0.15, -0.1) is 11.8 Å². The van der Waals surface area contributed by atoms with Gasteiger partial charge in [-0.25, -0.2) is 4.39 Å². The number of rotatable bonds is 7. The van der Waals surface area contributed by atoms with Crippen molar-refractivity contribution in [2.24, 2.45) is 11.7 Å². The van der Waals surface area contributed by atoms with Crippen LogP contribution < -0.4 is 5.73 Å². The standard InChI is InChI=1S/C22H24ClFN2O3S/c1-2-29-22(28)19(25)16-10-11-26(13-14-8-9-18(24)17(23)12-14)21(27)20(16)30-15-6-4-3-5-7-15/h3-9,12,16,19-20H,2,10-11,13,25H2,1H3. The first-order valence-corrected chi connectivity index (χ1v) is 11.0. The molecule has 1 heterocycles. The predicted octanol–water partition coefficient (Wildman–Crippen LogP) is 3.88. The number of hydrogen-bond donors (Lipinski definition) is 1. The number of likely N-dealkylation sites (tertiary alicyclic amines) is 1. The molecule has 30 heavy (non-hydrogen) atoms. The molecule has 0 radical (unpaired) electrons. The van der Waals surface area contributed by atoms with E-state index in [2.05, 4.69) is 0 Å². The second kappa shape index (κ2) is 10.3. The van der Waals surface area contributed by atoms with Crippen molar-refractivity contribution in [1.29, 1.82) is 0 Å². The third-order valence-electron chi connectivity index (χ3n) is 5.06. The van der Waals surface area contributed by atoms with Crippen molar-refractivity contribution in [2.45, 2.75) is 36.1 Å². The minimum Gasteiger partial charge on any atom is -0.465 e. The lowest BCUT2D eigenvalue weighted by Crippen LogP contribution is -2.54. The maximum Gasteiger partial charge on any atom is 0.323 e. The van der Waals surface area contributed by atoms with Crippen LogP contribution in [0.2, 0.25) is 5.02 Å². The summed E-state index contributed by atoms with van der Waals surface area (Å²) in [6.45, 7) is 2.72. The first kappa shape index (κ1) is 22.6. The van der Waals surface area contributed by atoms with Gasteiger partial charge in [0.2, 0.25) is 5.91 Å². The number of thioether (sulfide) groups is 1. The largest absolute Gasteiger partial charge is 0.465 e. The molecule has 3 atom stereocenters. The van der Waals surface area contributed by atoms with E-state index in [4.69, 9.17) is 22.1 Å². The summed E-state index contributed by atoms with van der Waals surface area (Å²) in [4.78, 5) is 28.3. The van der Waals surface area contributed by atoms with E-state index in [0.29, 0.717) is 19.5 Å². The average Bonchev–Trinajstić information content (AvgIpc) is 2.74. The van der Waals surface area contributed by atoms with Crippen LogP contribution in [-0.4, -0.2) is 41.2 Å². The van der Waals surface area contributed by atoms with Crippen molar-refractivity contribution in [2.75, 3.05) is 13.2 Å². The fraction of sp³-hybridized carbons (Fsp3) is 0.364. The Kier molecular flexibility index (Phi) is 7.75. The summed E-state index contributed by atoms with van der Waals surface area (Å²) in [6.07, 6.45) is 0.561. The van der Waals surface area contributed by atoms with E-state index in [0.717, 1.165) is 10.5 Å². The van der Waals surface area contributed by atoms with Crippen LogP contribution in [0.3, 0.4) is 0 Å². The van der Waals surface area contributed by atoms with Crippen molar-refractivity contribution in [1.82, 2.24) is 4.90 Å². The number of amides is 1. The maximum absolute atomic E-state index is 13.5. The van der Waals surface area contributed by atoms with Gasteiger partial charge in [0.15, 0.2) is 0 Å². The van der Waals surface area contributed by atoms with Crippen LogP contribution in [0.4, 0.5) is 4.39 Å². The molecular weight excluding hydrogens is 427 g/mol. The van der Waals surface area contributed by atoms with E-state index in [9.17, 15) is 14.0 Å². The minimum absolute atomic E-state index is 0.0226. The van der Waals surface area contributed by atoms with Crippen LogP contribution in [0.15, 0.2) is 53.4 Å². The summed E-state index contributed by atoms with van der Waals surface area (Å²) >= 11 is 7.28. The Morgan fingerprint density at radius 3 is 2.73 bits per heavy atom. The van der Waals surface area contributed by atoms with Crippen LogP contribution in [0.1, 0.15) is 18.9 Å². The Morgan fingerprint density at radius 1 is 1.33 bits per heavy atom. The van der Waals surface area contributed by atoms with Crippen molar-refractivity contribution >= 4 is 35.2 Å². The van der Waals surface area contributed by atoms with E-state index in [1.807, 2.05) is 30.3 Å². The summed E-state index contributed by atoms with van der Waals surface area (Å²) < 4.78 is 18.6. The molecule has 3 rings (SSSR count). The monoisotopic (exact) mass is 450 g/mol. The smallest absolute Gasteiger partial charge is 0.323 e. The second-order valence-corrected chi connectivity index (χ2v) is 8.71. The van der Waals surface area contributed by atoms with Gasteiger partial charge >= 0.3 is 5.97 Å². The first-order valence-electron chi connectivity index (χ1n) is 9.77. The summed E-state index contributed by atoms with van der Waals surface area (Å²) in [6, 6.07) is 13.1. The van der Waals surface area contributed by atoms with E-state index in [-0.39, 0.29) is 23.5 Å². The fourth-order valence-electron chi connectivity index (χ4n) is 3.51. The topological polar surface area (TPSA) is 72.6 Å². The Labute approximate surface area is 184 Å². The molecule has 0 bridgehead atoms. The summed E-state index contributed by atoms with van der Waals surface area (Å²) in [7, 11) is 0. The molecular formula is C22H24ClFN2O3S. The number of nitrogens with two attached hydrogens (primary N) is 1. The molecule has 1 aliphatic rings. The van der Waals surface area contributed by atoms with Gasteiger partial charge in [-0.3, -0.25) is 9.59 Å². The lowest BCUT2D eigenvalue weighted by Gasteiger charge is -2.39. The lowest BCUT2D eigenvalue weighted by atomic mass is 9.88. The Morgan fingerprint density at radius 2 is 2.07 bits per heavy atom. The molecule has 160 valence electrons. The first-order chi connectivity index (χ1) is 14.4. The molecule has 0 aliphatic carbocycles. The molecule has 2 aromatic carbocycles. The molecule has 1 saturated heterocycles. The van der Waals surface area contributed by atoms with Crippen molar-refractivity contribution in [3.63, 3.8) is 0 Å². The Hall–Kier alpha value is -2.09. The molecule has 0 aromatic heterocycles. The fourth-order valence-corrected chi connectivity index (χ4v) is 5.05. The van der Waals surface area contributed by atoms with E-state index in [1.54, 1.807) is 17.9 Å². The molecule has 2 N–H and O–H groups in total. The highest BCUT2D eigenvalue weighted by Crippen LogP contribution is 2.36. The normalized spacial score (nSPS) is 20.1. The predicted molar refractivity (Wildman–Crippen MR) is 116 cm³/mol. The van der Waals surface area contributed by atoms with E-state index in [1.165, 1.54) is 23.9 Å². The van der Waals surface area contributed by atoms with E-state index >= 15 is 0 Å². The van der Waals surface area contributed by atoms with Crippen molar-refractivity contribution < 1.29 is 18.7 Å². The number of carbonyl (C=O) groups excluding carboxylic acids is 2. The molecule has 0 saturated carbocycles. The molecule has 1 fully saturated rings. The Balaban J connectivity index is 1.82. The van der Waals surface area contributed by atoms with Gasteiger partial charge in [0.1, 0.15) is 11.9 Å². The zero-order valence-electron chi connectivity index (χ0n) is 16.6. The highest BCUT2D eigenvalue weighted by atomic mass is 35.5. The highest BCUT2D eigenvalue weighted by Gasteiger charge is 2.42. The quantitative estimate of drug-likeness (QED) is 0.648. The van der Waals surface area contributed by atoms with Gasteiger partial charge in [0.05, 0.1) is 16.9 Å². The zero-order valence-corrected chi connectivity index (χ0v) is 18.2. The highest BCUT2D eigenvalue weighted by molar-refractivity contribution is 8.00. The maximum atomic E-state index is 13.5. The van der Waals surface area contributed by atoms with Crippen LogP contribution in [-0.2, 0) is 20.9 Å². The molecule has 3 unspecified atom stereocenters. The molecule has 8 heteroatoms. The summed E-state index contributed by atoms with van der Waals surface area (Å²) in [5.41, 5.74) is 6.94. The molecule has 1 aliphatic heterocycles. The van der Waals surface area contributed by atoms with Gasteiger partial charge in [0.25, 0.3) is 0 Å². The number of piperidine rings is 1. The Bertz CT molecular complexity index is 899. The van der Waals surface area contributed by atoms with E-state index < -0.39 is 23.1 Å². The van der Waals surface area contributed by atoms with Gasteiger partial charge in [-0.05, 0) is 43.2 Å². The van der Waals surface area contributed by atoms with Crippen molar-refractivity contribution in [3.05, 3.63) is 64.9 Å². The number of carbonyl (C=O) groups is 2. The zero-order chi connectivity index (χ0) is 21.7. The molecule has 2 aromatic rings. The molecule has 5 nitrogen and oxygen atoms in total. The summed E-state index contributed by atoms with van der Waals surface area (Å²) in [5.74, 6) is -1.45. The average molecular weight is 451 g/mol. The minimum atomic E-state index is -0.877. The summed E-state index contributed by atoms with van der Waals surface area (Å²) in [5, 5.41) is -0.508. The third-order valence-corrected chi connectivity index (χ3v) is 6.70. The van der Waals surface area contributed by atoms with Crippen LogP contribution >= 0.6 is 23.4 Å².